The largest absolute Gasteiger partial charge is 0.490 e. The van der Waals surface area contributed by atoms with Gasteiger partial charge in [0.25, 0.3) is 5.91 Å². The molecule has 4 nitrogen and oxygen atoms in total. The Hall–Kier alpha value is -2.58. The Balaban J connectivity index is 2.24. The molecule has 24 heavy (non-hydrogen) atoms. The molecule has 0 heterocycles. The molecule has 2 aromatic rings. The Morgan fingerprint density at radius 3 is 2.50 bits per heavy atom. The minimum Gasteiger partial charge on any atom is -0.490 e. The van der Waals surface area contributed by atoms with Crippen LogP contribution in [0.5, 0.6) is 5.75 Å². The second-order valence-corrected chi connectivity index (χ2v) is 6.25. The van der Waals surface area contributed by atoms with E-state index in [4.69, 9.17) is 4.74 Å². The number of nitrogens with zero attached hydrogens (tertiary/aromatic N) is 1. The third-order valence-electron chi connectivity index (χ3n) is 3.05. The van der Waals surface area contributed by atoms with Gasteiger partial charge in [0.15, 0.2) is 0 Å². The van der Waals surface area contributed by atoms with Gasteiger partial charge in [0.2, 0.25) is 0 Å². The summed E-state index contributed by atoms with van der Waals surface area (Å²) in [4.78, 5) is 12.3. The van der Waals surface area contributed by atoms with Crippen molar-refractivity contribution in [2.75, 3.05) is 5.32 Å². The SMILES string of the molecule is CC(C)Oc1ccccc1/C=C(/C#N)C(=O)Nc1ccc(Br)cc1. The number of hydrogen-bond acceptors (Lipinski definition) is 3. The van der Waals surface area contributed by atoms with Crippen molar-refractivity contribution in [2.24, 2.45) is 0 Å². The molecule has 5 heteroatoms. The molecule has 0 saturated carbocycles. The van der Waals surface area contributed by atoms with Crippen LogP contribution in [0.4, 0.5) is 5.69 Å². The Bertz CT molecular complexity index is 790. The van der Waals surface area contributed by atoms with Gasteiger partial charge in [-0.2, -0.15) is 5.26 Å². The van der Waals surface area contributed by atoms with Gasteiger partial charge in [-0.3, -0.25) is 4.79 Å². The van der Waals surface area contributed by atoms with Crippen molar-refractivity contribution in [3.05, 3.63) is 64.1 Å². The zero-order chi connectivity index (χ0) is 17.5. The minimum absolute atomic E-state index is 0.00155. The van der Waals surface area contributed by atoms with Crippen LogP contribution in [0.2, 0.25) is 0 Å². The van der Waals surface area contributed by atoms with Crippen molar-refractivity contribution >= 4 is 33.6 Å². The van der Waals surface area contributed by atoms with E-state index in [0.717, 1.165) is 4.47 Å². The fourth-order valence-electron chi connectivity index (χ4n) is 2.00. The van der Waals surface area contributed by atoms with Crippen LogP contribution in [0.25, 0.3) is 6.08 Å². The topological polar surface area (TPSA) is 62.1 Å². The predicted molar refractivity (Wildman–Crippen MR) is 98.6 cm³/mol. The Kier molecular flexibility index (Phi) is 6.16. The molecule has 0 radical (unpaired) electrons. The van der Waals surface area contributed by atoms with Gasteiger partial charge in [-0.15, -0.1) is 0 Å². The number of benzene rings is 2. The van der Waals surface area contributed by atoms with Gasteiger partial charge in [0, 0.05) is 15.7 Å². The number of ether oxygens (including phenoxy) is 1. The molecule has 0 unspecified atom stereocenters. The predicted octanol–water partition coefficient (Wildman–Crippen LogP) is 4.78. The highest BCUT2D eigenvalue weighted by Crippen LogP contribution is 2.23. The summed E-state index contributed by atoms with van der Waals surface area (Å²) in [6, 6.07) is 16.4. The molecule has 0 spiro atoms. The quantitative estimate of drug-likeness (QED) is 0.595. The molecule has 0 atom stereocenters. The van der Waals surface area contributed by atoms with E-state index in [0.29, 0.717) is 17.0 Å². The molecule has 0 aliphatic rings. The van der Waals surface area contributed by atoms with E-state index in [1.807, 2.05) is 56.3 Å². The van der Waals surface area contributed by atoms with Crippen LogP contribution >= 0.6 is 15.9 Å². The van der Waals surface area contributed by atoms with Crippen LogP contribution in [0.3, 0.4) is 0 Å². The van der Waals surface area contributed by atoms with Crippen molar-refractivity contribution in [3.8, 4) is 11.8 Å². The lowest BCUT2D eigenvalue weighted by molar-refractivity contribution is -0.112. The van der Waals surface area contributed by atoms with Gasteiger partial charge in [0.05, 0.1) is 6.10 Å². The lowest BCUT2D eigenvalue weighted by atomic mass is 10.1. The van der Waals surface area contributed by atoms with Crippen LogP contribution in [0.15, 0.2) is 58.6 Å². The molecule has 2 rings (SSSR count). The van der Waals surface area contributed by atoms with E-state index >= 15 is 0 Å². The monoisotopic (exact) mass is 384 g/mol. The van der Waals surface area contributed by atoms with Crippen molar-refractivity contribution in [1.82, 2.24) is 0 Å². The van der Waals surface area contributed by atoms with Gasteiger partial charge in [0.1, 0.15) is 17.4 Å². The second kappa shape index (κ2) is 8.32. The summed E-state index contributed by atoms with van der Waals surface area (Å²) in [6.07, 6.45) is 1.54. The molecule has 0 aliphatic carbocycles. The summed E-state index contributed by atoms with van der Waals surface area (Å²) in [7, 11) is 0. The van der Waals surface area contributed by atoms with E-state index in [2.05, 4.69) is 21.2 Å². The Morgan fingerprint density at radius 2 is 1.88 bits per heavy atom. The van der Waals surface area contributed by atoms with E-state index in [1.54, 1.807) is 12.1 Å². The van der Waals surface area contributed by atoms with Gasteiger partial charge >= 0.3 is 0 Å². The number of amides is 1. The molecule has 0 aromatic heterocycles. The van der Waals surface area contributed by atoms with Gasteiger partial charge < -0.3 is 10.1 Å². The third kappa shape index (κ3) is 4.97. The zero-order valence-corrected chi connectivity index (χ0v) is 15.0. The van der Waals surface area contributed by atoms with Crippen molar-refractivity contribution in [3.63, 3.8) is 0 Å². The fraction of sp³-hybridized carbons (Fsp3) is 0.158. The smallest absolute Gasteiger partial charge is 0.266 e. The second-order valence-electron chi connectivity index (χ2n) is 5.34. The molecule has 1 amide bonds. The third-order valence-corrected chi connectivity index (χ3v) is 3.58. The number of anilines is 1. The van der Waals surface area contributed by atoms with Crippen LogP contribution in [0, 0.1) is 11.3 Å². The van der Waals surface area contributed by atoms with Gasteiger partial charge in [-0.1, -0.05) is 34.1 Å². The Labute approximate surface area is 149 Å². The van der Waals surface area contributed by atoms with Crippen LogP contribution in [-0.2, 0) is 4.79 Å². The Morgan fingerprint density at radius 1 is 1.21 bits per heavy atom. The van der Waals surface area contributed by atoms with Crippen LogP contribution < -0.4 is 10.1 Å². The first kappa shape index (κ1) is 17.8. The molecule has 0 saturated heterocycles. The molecule has 0 bridgehead atoms. The highest BCUT2D eigenvalue weighted by Gasteiger charge is 2.11. The molecule has 1 N–H and O–H groups in total. The molecular weight excluding hydrogens is 368 g/mol. The number of nitriles is 1. The summed E-state index contributed by atoms with van der Waals surface area (Å²) >= 11 is 3.34. The summed E-state index contributed by atoms with van der Waals surface area (Å²) in [6.45, 7) is 3.85. The van der Waals surface area contributed by atoms with E-state index < -0.39 is 5.91 Å². The zero-order valence-electron chi connectivity index (χ0n) is 13.4. The average molecular weight is 385 g/mol. The molecule has 2 aromatic carbocycles. The summed E-state index contributed by atoms with van der Waals surface area (Å²) in [5.41, 5.74) is 1.32. The highest BCUT2D eigenvalue weighted by molar-refractivity contribution is 9.10. The number of carbonyl (C=O) groups excluding carboxylic acids is 1. The molecule has 0 aliphatic heterocycles. The highest BCUT2D eigenvalue weighted by atomic mass is 79.9. The first-order chi connectivity index (χ1) is 11.5. The number of hydrogen-bond donors (Lipinski definition) is 1. The number of nitrogens with one attached hydrogen (secondary N) is 1. The van der Waals surface area contributed by atoms with Gasteiger partial charge in [-0.25, -0.2) is 0 Å². The summed E-state index contributed by atoms with van der Waals surface area (Å²) in [5.74, 6) is 0.177. The lowest BCUT2D eigenvalue weighted by Gasteiger charge is -2.12. The summed E-state index contributed by atoms with van der Waals surface area (Å²) < 4.78 is 6.62. The molecule has 122 valence electrons. The van der Waals surface area contributed by atoms with E-state index in [-0.39, 0.29) is 11.7 Å². The van der Waals surface area contributed by atoms with Crippen molar-refractivity contribution in [1.29, 1.82) is 5.26 Å². The van der Waals surface area contributed by atoms with Crippen molar-refractivity contribution < 1.29 is 9.53 Å². The van der Waals surface area contributed by atoms with E-state index in [1.165, 1.54) is 6.08 Å². The van der Waals surface area contributed by atoms with Gasteiger partial charge in [-0.05, 0) is 50.3 Å². The fourth-order valence-corrected chi connectivity index (χ4v) is 2.26. The minimum atomic E-state index is -0.459. The van der Waals surface area contributed by atoms with Crippen LogP contribution in [0.1, 0.15) is 19.4 Å². The number of para-hydroxylation sites is 1. The first-order valence-electron chi connectivity index (χ1n) is 7.44. The average Bonchev–Trinajstić information content (AvgIpc) is 2.55. The first-order valence-corrected chi connectivity index (χ1v) is 8.23. The van der Waals surface area contributed by atoms with Crippen molar-refractivity contribution in [2.45, 2.75) is 20.0 Å². The standard InChI is InChI=1S/C19H17BrN2O2/c1-13(2)24-18-6-4-3-5-14(18)11-15(12-21)19(23)22-17-9-7-16(20)8-10-17/h3-11,13H,1-2H3,(H,22,23)/b15-11-. The maximum absolute atomic E-state index is 12.3. The van der Waals surface area contributed by atoms with E-state index in [9.17, 15) is 10.1 Å². The summed E-state index contributed by atoms with van der Waals surface area (Å²) in [5, 5.41) is 12.0. The lowest BCUT2D eigenvalue weighted by Crippen LogP contribution is -2.13. The van der Waals surface area contributed by atoms with Crippen LogP contribution in [-0.4, -0.2) is 12.0 Å². The maximum atomic E-state index is 12.3. The number of halogens is 1. The number of carbonyl (C=O) groups is 1. The normalized spacial score (nSPS) is 11.0. The maximum Gasteiger partial charge on any atom is 0.266 e. The number of rotatable bonds is 5. The molecule has 0 fully saturated rings. The molecular formula is C19H17BrN2O2.